The van der Waals surface area contributed by atoms with Crippen LogP contribution >= 0.6 is 12.2 Å². The second-order valence-electron chi connectivity index (χ2n) is 4.07. The number of imide groups is 1. The van der Waals surface area contributed by atoms with E-state index in [0.29, 0.717) is 0 Å². The van der Waals surface area contributed by atoms with Crippen LogP contribution in [0.5, 0.6) is 0 Å². The zero-order chi connectivity index (χ0) is 11.8. The highest BCUT2D eigenvalue weighted by Gasteiger charge is 2.51. The van der Waals surface area contributed by atoms with Crippen LogP contribution in [0, 0.1) is 28.6 Å². The number of hydrogen-bond acceptors (Lipinski definition) is 4. The van der Waals surface area contributed by atoms with E-state index in [-0.39, 0.29) is 4.99 Å². The maximum atomic E-state index is 11.5. The van der Waals surface area contributed by atoms with Crippen molar-refractivity contribution in [3.05, 3.63) is 0 Å². The molecule has 0 spiro atoms. The lowest BCUT2D eigenvalue weighted by Crippen LogP contribution is -2.58. The van der Waals surface area contributed by atoms with Crippen molar-refractivity contribution in [3.63, 3.8) is 0 Å². The molecule has 1 heterocycles. The van der Waals surface area contributed by atoms with E-state index < -0.39 is 29.1 Å². The Kier molecular flexibility index (Phi) is 2.77. The van der Waals surface area contributed by atoms with Crippen molar-refractivity contribution < 1.29 is 9.59 Å². The van der Waals surface area contributed by atoms with Gasteiger partial charge in [-0.15, -0.1) is 0 Å². The van der Waals surface area contributed by atoms with Gasteiger partial charge in [0.15, 0.2) is 0 Å². The number of nitrogens with two attached hydrogens (primary N) is 1. The van der Waals surface area contributed by atoms with E-state index in [1.807, 2.05) is 6.07 Å². The number of thiocarbonyl (C=S) groups is 1. The van der Waals surface area contributed by atoms with Crippen molar-refractivity contribution >= 4 is 29.0 Å². The fraction of sp³-hybridized carbons (Fsp3) is 0.556. The Morgan fingerprint density at radius 2 is 2.07 bits per heavy atom. The normalized spacial score (nSPS) is 29.1. The topological polar surface area (TPSA) is 96.0 Å². The minimum Gasteiger partial charge on any atom is -0.393 e. The summed E-state index contributed by atoms with van der Waals surface area (Å²) in [4.78, 5) is 22.9. The number of hydrogen-bond donors (Lipinski definition) is 2. The maximum absolute atomic E-state index is 11.5. The van der Waals surface area contributed by atoms with Crippen LogP contribution in [0.3, 0.4) is 0 Å². The van der Waals surface area contributed by atoms with E-state index in [1.165, 1.54) is 0 Å². The molecule has 1 rings (SSSR count). The molecule has 0 radical (unpaired) electrons. The van der Waals surface area contributed by atoms with E-state index in [1.54, 1.807) is 13.8 Å². The highest BCUT2D eigenvalue weighted by Crippen LogP contribution is 2.38. The molecule has 2 amide bonds. The summed E-state index contributed by atoms with van der Waals surface area (Å²) in [6.45, 7) is 3.28. The molecular weight excluding hydrogens is 214 g/mol. The third-order valence-corrected chi connectivity index (χ3v) is 2.91. The average molecular weight is 225 g/mol. The number of carbonyl (C=O) groups excluding carboxylic acids is 2. The smallest absolute Gasteiger partial charge is 0.244 e. The zero-order valence-corrected chi connectivity index (χ0v) is 9.22. The van der Waals surface area contributed by atoms with Crippen molar-refractivity contribution in [2.45, 2.75) is 13.8 Å². The Labute approximate surface area is 92.6 Å². The van der Waals surface area contributed by atoms with Crippen LogP contribution in [0.25, 0.3) is 0 Å². The van der Waals surface area contributed by atoms with Crippen LogP contribution in [0.2, 0.25) is 0 Å². The maximum Gasteiger partial charge on any atom is 0.244 e. The van der Waals surface area contributed by atoms with Gasteiger partial charge in [-0.2, -0.15) is 5.26 Å². The monoisotopic (exact) mass is 225 g/mol. The van der Waals surface area contributed by atoms with Crippen molar-refractivity contribution in [1.82, 2.24) is 5.32 Å². The minimum absolute atomic E-state index is 0.00486. The number of piperidine rings is 1. The molecule has 5 nitrogen and oxygen atoms in total. The third-order valence-electron chi connectivity index (χ3n) is 2.67. The Morgan fingerprint density at radius 3 is 2.47 bits per heavy atom. The Bertz CT molecular complexity index is 383. The lowest BCUT2D eigenvalue weighted by Gasteiger charge is -2.39. The van der Waals surface area contributed by atoms with Crippen molar-refractivity contribution in [3.8, 4) is 6.07 Å². The molecule has 15 heavy (non-hydrogen) atoms. The fourth-order valence-electron chi connectivity index (χ4n) is 1.83. The number of carbonyl (C=O) groups is 2. The Balaban J connectivity index is 3.21. The fourth-order valence-corrected chi connectivity index (χ4v) is 2.24. The van der Waals surface area contributed by atoms with Gasteiger partial charge < -0.3 is 5.73 Å². The molecule has 0 aliphatic carbocycles. The van der Waals surface area contributed by atoms with Gasteiger partial charge in [-0.3, -0.25) is 14.9 Å². The predicted molar refractivity (Wildman–Crippen MR) is 56.3 cm³/mol. The summed E-state index contributed by atoms with van der Waals surface area (Å²) in [5.74, 6) is -2.81. The molecular formula is C9H11N3O2S. The Morgan fingerprint density at radius 1 is 1.53 bits per heavy atom. The summed E-state index contributed by atoms with van der Waals surface area (Å²) in [6, 6.07) is 1.87. The summed E-state index contributed by atoms with van der Waals surface area (Å²) in [5, 5.41) is 11.0. The molecule has 3 N–H and O–H groups in total. The largest absolute Gasteiger partial charge is 0.393 e. The molecule has 6 heteroatoms. The molecule has 1 aliphatic heterocycles. The van der Waals surface area contributed by atoms with E-state index in [4.69, 9.17) is 23.2 Å². The first-order valence-electron chi connectivity index (χ1n) is 4.36. The summed E-state index contributed by atoms with van der Waals surface area (Å²) in [6.07, 6.45) is 0. The first-order valence-corrected chi connectivity index (χ1v) is 4.76. The lowest BCUT2D eigenvalue weighted by atomic mass is 9.66. The van der Waals surface area contributed by atoms with E-state index in [0.717, 1.165) is 0 Å². The minimum atomic E-state index is -0.915. The molecule has 2 atom stereocenters. The first kappa shape index (κ1) is 11.6. The van der Waals surface area contributed by atoms with Crippen LogP contribution in [0.1, 0.15) is 13.8 Å². The van der Waals surface area contributed by atoms with Crippen LogP contribution in [0.4, 0.5) is 0 Å². The van der Waals surface area contributed by atoms with Crippen LogP contribution in [0.15, 0.2) is 0 Å². The zero-order valence-electron chi connectivity index (χ0n) is 8.40. The second-order valence-corrected chi connectivity index (χ2v) is 4.54. The number of nitrogens with zero attached hydrogens (tertiary/aromatic N) is 1. The van der Waals surface area contributed by atoms with Gasteiger partial charge in [0.25, 0.3) is 0 Å². The quantitative estimate of drug-likeness (QED) is 0.472. The standard InChI is InChI=1S/C9H11N3O2S/c1-9(2)4(3-10)7(13)12-8(14)5(9)6(11)15/h4-5H,1-2H3,(H2,11,15)(H,12,13,14). The molecule has 80 valence electrons. The molecule has 1 fully saturated rings. The van der Waals surface area contributed by atoms with Gasteiger partial charge in [-0.25, -0.2) is 0 Å². The highest BCUT2D eigenvalue weighted by atomic mass is 32.1. The number of rotatable bonds is 1. The third kappa shape index (κ3) is 1.70. The van der Waals surface area contributed by atoms with Gasteiger partial charge in [-0.1, -0.05) is 26.1 Å². The molecule has 0 aromatic rings. The molecule has 0 bridgehead atoms. The Hall–Kier alpha value is -1.48. The van der Waals surface area contributed by atoms with Crippen LogP contribution in [-0.4, -0.2) is 16.8 Å². The van der Waals surface area contributed by atoms with Gasteiger partial charge in [0.1, 0.15) is 5.92 Å². The summed E-state index contributed by atoms with van der Waals surface area (Å²) in [7, 11) is 0. The number of nitriles is 1. The summed E-state index contributed by atoms with van der Waals surface area (Å²) >= 11 is 4.78. The van der Waals surface area contributed by atoms with Gasteiger partial charge in [0, 0.05) is 5.41 Å². The van der Waals surface area contributed by atoms with Gasteiger partial charge in [-0.05, 0) is 0 Å². The SMILES string of the molecule is CC1(C)C(C#N)C(=O)NC(=O)C1C(N)=S. The molecule has 0 aromatic carbocycles. The molecule has 2 unspecified atom stereocenters. The highest BCUT2D eigenvalue weighted by molar-refractivity contribution is 7.80. The van der Waals surface area contributed by atoms with Gasteiger partial charge >= 0.3 is 0 Å². The molecule has 0 aromatic heterocycles. The van der Waals surface area contributed by atoms with Gasteiger partial charge in [0.05, 0.1) is 17.0 Å². The van der Waals surface area contributed by atoms with E-state index in [9.17, 15) is 9.59 Å². The second kappa shape index (κ2) is 3.59. The van der Waals surface area contributed by atoms with Crippen LogP contribution in [-0.2, 0) is 9.59 Å². The summed E-state index contributed by atoms with van der Waals surface area (Å²) < 4.78 is 0. The summed E-state index contributed by atoms with van der Waals surface area (Å²) in [5.41, 5.74) is 4.58. The van der Waals surface area contributed by atoms with Crippen molar-refractivity contribution in [2.75, 3.05) is 0 Å². The van der Waals surface area contributed by atoms with Gasteiger partial charge in [0.2, 0.25) is 11.8 Å². The average Bonchev–Trinajstić information content (AvgIpc) is 2.00. The first-order chi connectivity index (χ1) is 6.82. The molecule has 0 saturated carbocycles. The number of amides is 2. The van der Waals surface area contributed by atoms with E-state index in [2.05, 4.69) is 5.32 Å². The lowest BCUT2D eigenvalue weighted by molar-refractivity contribution is -0.142. The molecule has 1 saturated heterocycles. The number of nitrogens with one attached hydrogen (secondary N) is 1. The van der Waals surface area contributed by atoms with Crippen molar-refractivity contribution in [2.24, 2.45) is 23.0 Å². The van der Waals surface area contributed by atoms with Crippen LogP contribution < -0.4 is 11.1 Å². The van der Waals surface area contributed by atoms with Crippen molar-refractivity contribution in [1.29, 1.82) is 5.26 Å². The predicted octanol–water partition coefficient (Wildman–Crippen LogP) is -0.289. The van der Waals surface area contributed by atoms with E-state index >= 15 is 0 Å². The molecule has 1 aliphatic rings.